The van der Waals surface area contributed by atoms with Crippen molar-refractivity contribution in [3.05, 3.63) is 291 Å². The van der Waals surface area contributed by atoms with Crippen LogP contribution in [0.1, 0.15) is 297 Å². The second-order valence-electron chi connectivity index (χ2n) is 35.3. The lowest BCUT2D eigenvalue weighted by molar-refractivity contribution is -0.138. The zero-order chi connectivity index (χ0) is 106. The molecule has 0 spiro atoms. The molecule has 26 nitrogen and oxygen atoms in total. The number of hydrogen-bond donors (Lipinski definition) is 0. The minimum Gasteiger partial charge on any atom is -0.494 e. The zero-order valence-corrected chi connectivity index (χ0v) is 87.0. The average Bonchev–Trinajstić information content (AvgIpc) is 0.857. The third kappa shape index (κ3) is 56.4. The Bertz CT molecular complexity index is 5140. The first-order valence-corrected chi connectivity index (χ1v) is 52.4. The third-order valence-corrected chi connectivity index (χ3v) is 23.3. The number of aryl methyl sites for hydroxylation is 2. The molecular formula is C122H154O26. The van der Waals surface area contributed by atoms with E-state index in [2.05, 4.69) is 63.7 Å². The fourth-order valence-corrected chi connectivity index (χ4v) is 14.8. The Morgan fingerprint density at radius 1 is 0.182 bits per heavy atom. The molecule has 8 aromatic rings. The van der Waals surface area contributed by atoms with Crippen LogP contribution in [0.15, 0.2) is 258 Å². The van der Waals surface area contributed by atoms with E-state index in [0.29, 0.717) is 159 Å². The zero-order valence-electron chi connectivity index (χ0n) is 87.0. The van der Waals surface area contributed by atoms with Crippen molar-refractivity contribution in [3.63, 3.8) is 0 Å². The molecule has 798 valence electrons. The normalized spacial score (nSPS) is 10.5. The number of rotatable bonds is 77. The van der Waals surface area contributed by atoms with Crippen molar-refractivity contribution in [2.24, 2.45) is 0 Å². The fourth-order valence-electron chi connectivity index (χ4n) is 14.8. The predicted molar refractivity (Wildman–Crippen MR) is 575 cm³/mol. The molecule has 0 aliphatic heterocycles. The number of benzene rings is 8. The first-order valence-electron chi connectivity index (χ1n) is 52.4. The molecule has 0 N–H and O–H groups in total. The van der Waals surface area contributed by atoms with Crippen LogP contribution in [0.2, 0.25) is 0 Å². The summed E-state index contributed by atoms with van der Waals surface area (Å²) in [5.41, 5.74) is 5.11. The van der Waals surface area contributed by atoms with Gasteiger partial charge >= 0.3 is 59.7 Å². The molecule has 0 aromatic heterocycles. The van der Waals surface area contributed by atoms with Gasteiger partial charge in [-0.3, -0.25) is 0 Å². The highest BCUT2D eigenvalue weighted by atomic mass is 16.6. The monoisotopic (exact) mass is 2040 g/mol. The highest BCUT2D eigenvalue weighted by Crippen LogP contribution is 2.31. The van der Waals surface area contributed by atoms with Crippen LogP contribution in [0.4, 0.5) is 0 Å². The van der Waals surface area contributed by atoms with E-state index in [9.17, 15) is 47.9 Å². The minimum absolute atomic E-state index is 0.337. The summed E-state index contributed by atoms with van der Waals surface area (Å²) in [7, 11) is 0. The van der Waals surface area contributed by atoms with E-state index in [1.54, 1.807) is 147 Å². The summed E-state index contributed by atoms with van der Waals surface area (Å²) in [5, 5.41) is 0. The van der Waals surface area contributed by atoms with E-state index < -0.39 is 23.9 Å². The Hall–Kier alpha value is -14.3. The van der Waals surface area contributed by atoms with Crippen LogP contribution in [0.25, 0.3) is 11.1 Å². The molecule has 0 fully saturated rings. The second-order valence-corrected chi connectivity index (χ2v) is 35.3. The summed E-state index contributed by atoms with van der Waals surface area (Å²) in [6, 6.07) is 53.4. The SMILES string of the molecule is C=CC(=O)OCCCCCCCCCCOc1ccc(C(=O)Oc2ccc(OC(=O)c3ccc(OCCCCCCCCCCOC(=O)C=C)cc3)c(C)c2)cc1.C=CC(=O)OCCCCCCCCCOc1ccc(C(=O)Oc2ccc(OC(=O)c3ccc(OCCCCCCCCCOC(=O)C=C)cc3)c(C)c2)cc1.C=CC(=O)OCCCCCCOc1ccc(-c2ccc(OCCCCCCOC(=O)C=C)cc2)cc1. The lowest BCUT2D eigenvalue weighted by Gasteiger charge is -2.11. The lowest BCUT2D eigenvalue weighted by Crippen LogP contribution is -2.10. The van der Waals surface area contributed by atoms with Gasteiger partial charge in [0, 0.05) is 36.5 Å². The number of unbranched alkanes of at least 4 members (excludes halogenated alkanes) is 32. The Morgan fingerprint density at radius 3 is 0.500 bits per heavy atom. The molecular weight excluding hydrogens is 1880 g/mol. The molecule has 0 amide bonds. The molecule has 0 bridgehead atoms. The summed E-state index contributed by atoms with van der Waals surface area (Å²) in [4.78, 5) is 117. The van der Waals surface area contributed by atoms with E-state index in [4.69, 9.17) is 75.8 Å². The van der Waals surface area contributed by atoms with E-state index in [0.717, 1.165) is 241 Å². The Balaban J connectivity index is 0.000000348. The van der Waals surface area contributed by atoms with Crippen LogP contribution in [-0.4, -0.2) is 139 Å². The molecule has 0 aliphatic carbocycles. The van der Waals surface area contributed by atoms with Gasteiger partial charge in [0.1, 0.15) is 57.5 Å². The fraction of sp³-hybridized carbons (Fsp3) is 0.426. The standard InChI is InChI=1S/C47H60O10.C45H56O10.C30H38O6/c1-4-44(48)54-34-20-16-12-8-6-10-14-18-32-52-40-26-22-38(23-27-40)46(50)56-42-30-31-43(37(3)36-42)57-47(51)39-24-28-41(29-25-39)53-33-19-15-11-7-9-13-17-21-35-55-45(49)5-2;1-4-42(46)52-32-18-14-10-6-8-12-16-30-50-38-24-20-36(21-25-38)44(48)54-40-28-29-41(35(3)34-40)55-45(49)37-22-26-39(27-23-37)51-31-17-13-9-7-11-15-19-33-53-43(47)5-2;1-3-29(31)35-23-11-7-5-9-21-33-27-17-13-25(14-18-27)26-15-19-28(20-16-26)34-22-10-6-8-12-24-36-30(32)4-2/h4-5,22-31,36H,1-2,6-21,32-35H2,3H3;4-5,20-29,34H,1-2,6-19,30-33H2,3H3;3-4,13-20H,1-2,5-12,21-24H2. The van der Waals surface area contributed by atoms with Crippen LogP contribution in [-0.2, 0) is 57.2 Å². The average molecular weight is 2040 g/mol. The first-order chi connectivity index (χ1) is 72.2. The molecule has 0 aliphatic rings. The number of ether oxygens (including phenoxy) is 16. The number of hydrogen-bond acceptors (Lipinski definition) is 26. The van der Waals surface area contributed by atoms with Crippen LogP contribution in [0.3, 0.4) is 0 Å². The molecule has 0 radical (unpaired) electrons. The van der Waals surface area contributed by atoms with Crippen molar-refractivity contribution in [1.82, 2.24) is 0 Å². The molecule has 0 saturated heterocycles. The molecule has 0 atom stereocenters. The van der Waals surface area contributed by atoms with Crippen molar-refractivity contribution in [2.75, 3.05) is 79.3 Å². The molecule has 8 aromatic carbocycles. The molecule has 0 saturated carbocycles. The van der Waals surface area contributed by atoms with Gasteiger partial charge < -0.3 is 75.8 Å². The Labute approximate surface area is 875 Å². The van der Waals surface area contributed by atoms with Crippen molar-refractivity contribution in [1.29, 1.82) is 0 Å². The maximum atomic E-state index is 12.9. The van der Waals surface area contributed by atoms with Gasteiger partial charge in [0.25, 0.3) is 0 Å². The first kappa shape index (κ1) is 122. The largest absolute Gasteiger partial charge is 0.494 e. The summed E-state index contributed by atoms with van der Waals surface area (Å²) in [6.45, 7) is 30.3. The Kier molecular flexibility index (Phi) is 64.6. The highest BCUT2D eigenvalue weighted by Gasteiger charge is 2.19. The maximum Gasteiger partial charge on any atom is 0.343 e. The van der Waals surface area contributed by atoms with Crippen LogP contribution >= 0.6 is 0 Å². The van der Waals surface area contributed by atoms with Gasteiger partial charge in [-0.25, -0.2) is 47.9 Å². The summed E-state index contributed by atoms with van der Waals surface area (Å²) in [5.74, 6) is 1.71. The van der Waals surface area contributed by atoms with Crippen LogP contribution in [0, 0.1) is 13.8 Å². The van der Waals surface area contributed by atoms with Crippen molar-refractivity contribution in [3.8, 4) is 68.6 Å². The molecule has 0 heterocycles. The number of carbonyl (C=O) groups is 10. The van der Waals surface area contributed by atoms with E-state index in [1.807, 2.05) is 24.3 Å². The molecule has 8 rings (SSSR count). The van der Waals surface area contributed by atoms with Crippen molar-refractivity contribution in [2.45, 2.75) is 258 Å². The van der Waals surface area contributed by atoms with Gasteiger partial charge in [0.15, 0.2) is 0 Å². The third-order valence-electron chi connectivity index (χ3n) is 23.3. The molecule has 148 heavy (non-hydrogen) atoms. The number of carbonyl (C=O) groups excluding carboxylic acids is 10. The van der Waals surface area contributed by atoms with E-state index in [1.165, 1.54) is 62.1 Å². The van der Waals surface area contributed by atoms with Gasteiger partial charge in [0.2, 0.25) is 0 Å². The summed E-state index contributed by atoms with van der Waals surface area (Å²) in [6.07, 6.45) is 46.6. The van der Waals surface area contributed by atoms with E-state index in [-0.39, 0.29) is 35.8 Å². The topological polar surface area (TPSA) is 318 Å². The predicted octanol–water partition coefficient (Wildman–Crippen LogP) is 27.7. The molecule has 26 heteroatoms. The van der Waals surface area contributed by atoms with Crippen LogP contribution < -0.4 is 47.4 Å². The smallest absolute Gasteiger partial charge is 0.343 e. The van der Waals surface area contributed by atoms with Crippen molar-refractivity contribution >= 4 is 59.7 Å². The van der Waals surface area contributed by atoms with Crippen LogP contribution in [0.5, 0.6) is 57.5 Å². The quantitative estimate of drug-likeness (QED) is 0.0112. The number of esters is 10. The van der Waals surface area contributed by atoms with Gasteiger partial charge in [-0.15, -0.1) is 0 Å². The van der Waals surface area contributed by atoms with E-state index >= 15 is 0 Å². The Morgan fingerprint density at radius 2 is 0.331 bits per heavy atom. The molecule has 0 unspecified atom stereocenters. The van der Waals surface area contributed by atoms with Gasteiger partial charge in [-0.2, -0.15) is 0 Å². The van der Waals surface area contributed by atoms with Gasteiger partial charge in [0.05, 0.1) is 102 Å². The summed E-state index contributed by atoms with van der Waals surface area (Å²) < 4.78 is 87.3. The highest BCUT2D eigenvalue weighted by molar-refractivity contribution is 5.94. The lowest BCUT2D eigenvalue weighted by atomic mass is 10.1. The van der Waals surface area contributed by atoms with Gasteiger partial charge in [-0.05, 0) is 297 Å². The minimum atomic E-state index is -0.505. The maximum absolute atomic E-state index is 12.9. The van der Waals surface area contributed by atoms with Crippen molar-refractivity contribution < 1.29 is 124 Å². The summed E-state index contributed by atoms with van der Waals surface area (Å²) >= 11 is 0. The second kappa shape index (κ2) is 78.1. The van der Waals surface area contributed by atoms with Gasteiger partial charge in [-0.1, -0.05) is 205 Å².